The lowest BCUT2D eigenvalue weighted by Crippen LogP contribution is -2.00. The van der Waals surface area contributed by atoms with E-state index in [1.54, 1.807) is 0 Å². The van der Waals surface area contributed by atoms with Crippen molar-refractivity contribution < 1.29 is 0 Å². The molecule has 2 heteroatoms. The summed E-state index contributed by atoms with van der Waals surface area (Å²) in [6.07, 6.45) is 2.73. The van der Waals surface area contributed by atoms with Crippen molar-refractivity contribution in [2.75, 3.05) is 0 Å². The molecule has 0 radical (unpaired) electrons. The second kappa shape index (κ2) is 5.00. The predicted octanol–water partition coefficient (Wildman–Crippen LogP) is 3.57. The lowest BCUT2D eigenvalue weighted by Gasteiger charge is -2.10. The van der Waals surface area contributed by atoms with Gasteiger partial charge in [0, 0.05) is 6.54 Å². The third-order valence-electron chi connectivity index (χ3n) is 2.99. The first-order valence-electron chi connectivity index (χ1n) is 5.54. The summed E-state index contributed by atoms with van der Waals surface area (Å²) < 4.78 is 0. The zero-order chi connectivity index (χ0) is 10.1. The fraction of sp³-hybridized carbons (Fsp3) is 0.538. The molecule has 0 spiro atoms. The van der Waals surface area contributed by atoms with Crippen molar-refractivity contribution in [3.8, 4) is 0 Å². The summed E-state index contributed by atoms with van der Waals surface area (Å²) in [7, 11) is 0. The number of hydrogen-bond acceptors (Lipinski definition) is 1. The molecule has 15 heavy (non-hydrogen) atoms. The molecule has 1 aliphatic rings. The van der Waals surface area contributed by atoms with Crippen LogP contribution < -0.4 is 5.73 Å². The lowest BCUT2D eigenvalue weighted by atomic mass is 9.96. The summed E-state index contributed by atoms with van der Waals surface area (Å²) in [6.45, 7) is 5.15. The quantitative estimate of drug-likeness (QED) is 0.837. The molecule has 1 aromatic carbocycles. The molecule has 0 unspecified atom stereocenters. The minimum atomic E-state index is 0. The van der Waals surface area contributed by atoms with Crippen molar-refractivity contribution in [1.29, 1.82) is 0 Å². The largest absolute Gasteiger partial charge is 0.326 e. The van der Waals surface area contributed by atoms with Crippen LogP contribution in [-0.4, -0.2) is 0 Å². The van der Waals surface area contributed by atoms with Gasteiger partial charge in [0.25, 0.3) is 0 Å². The molecule has 1 fully saturated rings. The Labute approximate surface area is 98.5 Å². The summed E-state index contributed by atoms with van der Waals surface area (Å²) in [4.78, 5) is 0. The van der Waals surface area contributed by atoms with Gasteiger partial charge in [-0.2, -0.15) is 0 Å². The van der Waals surface area contributed by atoms with E-state index in [-0.39, 0.29) is 12.4 Å². The van der Waals surface area contributed by atoms with E-state index in [1.807, 2.05) is 0 Å². The molecule has 0 aromatic heterocycles. The van der Waals surface area contributed by atoms with Gasteiger partial charge in [0.05, 0.1) is 0 Å². The SMILES string of the molecule is CC(C)c1cc(CN)cc(C2CC2)c1.Cl. The van der Waals surface area contributed by atoms with Crippen molar-refractivity contribution in [3.05, 3.63) is 34.9 Å². The van der Waals surface area contributed by atoms with Gasteiger partial charge in [-0.1, -0.05) is 32.0 Å². The topological polar surface area (TPSA) is 26.0 Å². The molecular weight excluding hydrogens is 206 g/mol. The average molecular weight is 226 g/mol. The molecule has 2 N–H and O–H groups in total. The van der Waals surface area contributed by atoms with E-state index in [0.717, 1.165) is 5.92 Å². The Morgan fingerprint density at radius 2 is 1.93 bits per heavy atom. The molecular formula is C13H20ClN. The van der Waals surface area contributed by atoms with Crippen LogP contribution in [0.2, 0.25) is 0 Å². The Balaban J connectivity index is 0.00000112. The van der Waals surface area contributed by atoms with Crippen LogP contribution in [-0.2, 0) is 6.54 Å². The van der Waals surface area contributed by atoms with Gasteiger partial charge in [0.2, 0.25) is 0 Å². The third-order valence-corrected chi connectivity index (χ3v) is 2.99. The molecule has 2 rings (SSSR count). The van der Waals surface area contributed by atoms with Crippen LogP contribution in [0, 0.1) is 0 Å². The van der Waals surface area contributed by atoms with E-state index in [0.29, 0.717) is 12.5 Å². The average Bonchev–Trinajstić information content (AvgIpc) is 3.00. The van der Waals surface area contributed by atoms with Crippen molar-refractivity contribution in [1.82, 2.24) is 0 Å². The molecule has 0 bridgehead atoms. The van der Waals surface area contributed by atoms with Gasteiger partial charge < -0.3 is 5.73 Å². The number of nitrogens with two attached hydrogens (primary N) is 1. The van der Waals surface area contributed by atoms with Gasteiger partial charge in [0.1, 0.15) is 0 Å². The number of rotatable bonds is 3. The molecule has 84 valence electrons. The van der Waals surface area contributed by atoms with Crippen molar-refractivity contribution >= 4 is 12.4 Å². The zero-order valence-corrected chi connectivity index (χ0v) is 10.3. The highest BCUT2D eigenvalue weighted by atomic mass is 35.5. The third kappa shape index (κ3) is 2.96. The Morgan fingerprint density at radius 1 is 1.27 bits per heavy atom. The molecule has 1 aliphatic carbocycles. The van der Waals surface area contributed by atoms with Crippen LogP contribution in [0.5, 0.6) is 0 Å². The minimum absolute atomic E-state index is 0. The van der Waals surface area contributed by atoms with Gasteiger partial charge in [-0.25, -0.2) is 0 Å². The van der Waals surface area contributed by atoms with Crippen molar-refractivity contribution in [2.24, 2.45) is 5.73 Å². The molecule has 0 amide bonds. The molecule has 0 heterocycles. The summed E-state index contributed by atoms with van der Waals surface area (Å²) in [5.74, 6) is 1.44. The Hall–Kier alpha value is -0.530. The molecule has 1 nitrogen and oxygen atoms in total. The molecule has 0 atom stereocenters. The molecule has 0 saturated heterocycles. The first-order chi connectivity index (χ1) is 6.70. The smallest absolute Gasteiger partial charge is 0.0178 e. The number of benzene rings is 1. The van der Waals surface area contributed by atoms with E-state index >= 15 is 0 Å². The maximum atomic E-state index is 5.71. The van der Waals surface area contributed by atoms with Gasteiger partial charge in [0.15, 0.2) is 0 Å². The Kier molecular flexibility index (Phi) is 4.18. The highest BCUT2D eigenvalue weighted by Crippen LogP contribution is 2.41. The Bertz CT molecular complexity index is 309. The predicted molar refractivity (Wildman–Crippen MR) is 67.6 cm³/mol. The summed E-state index contributed by atoms with van der Waals surface area (Å²) in [5, 5.41) is 0. The van der Waals surface area contributed by atoms with Crippen molar-refractivity contribution in [2.45, 2.75) is 45.1 Å². The van der Waals surface area contributed by atoms with E-state index in [1.165, 1.54) is 29.5 Å². The molecule has 1 saturated carbocycles. The first-order valence-corrected chi connectivity index (χ1v) is 5.54. The Morgan fingerprint density at radius 3 is 2.40 bits per heavy atom. The van der Waals surface area contributed by atoms with E-state index in [2.05, 4.69) is 32.0 Å². The van der Waals surface area contributed by atoms with Crippen molar-refractivity contribution in [3.63, 3.8) is 0 Å². The fourth-order valence-corrected chi connectivity index (χ4v) is 1.85. The number of hydrogen-bond donors (Lipinski definition) is 1. The van der Waals surface area contributed by atoms with Gasteiger partial charge in [-0.3, -0.25) is 0 Å². The highest BCUT2D eigenvalue weighted by Gasteiger charge is 2.24. The maximum Gasteiger partial charge on any atom is 0.0178 e. The van der Waals surface area contributed by atoms with Crippen LogP contribution in [0.1, 0.15) is 55.2 Å². The van der Waals surface area contributed by atoms with Gasteiger partial charge in [-0.05, 0) is 41.4 Å². The fourth-order valence-electron chi connectivity index (χ4n) is 1.85. The second-order valence-corrected chi connectivity index (χ2v) is 4.64. The summed E-state index contributed by atoms with van der Waals surface area (Å²) in [6, 6.07) is 6.89. The highest BCUT2D eigenvalue weighted by molar-refractivity contribution is 5.85. The molecule has 1 aromatic rings. The van der Waals surface area contributed by atoms with Crippen LogP contribution in [0.4, 0.5) is 0 Å². The van der Waals surface area contributed by atoms with Crippen LogP contribution in [0.3, 0.4) is 0 Å². The minimum Gasteiger partial charge on any atom is -0.326 e. The monoisotopic (exact) mass is 225 g/mol. The summed E-state index contributed by atoms with van der Waals surface area (Å²) in [5.41, 5.74) is 9.95. The van der Waals surface area contributed by atoms with E-state index < -0.39 is 0 Å². The number of halogens is 1. The standard InChI is InChI=1S/C13H19N.ClH/c1-9(2)12-5-10(8-14)6-13(7-12)11-3-4-11;/h5-7,9,11H,3-4,8,14H2,1-2H3;1H. The maximum absolute atomic E-state index is 5.71. The van der Waals surface area contributed by atoms with Crippen LogP contribution in [0.15, 0.2) is 18.2 Å². The second-order valence-electron chi connectivity index (χ2n) is 4.64. The van der Waals surface area contributed by atoms with Gasteiger partial charge >= 0.3 is 0 Å². The summed E-state index contributed by atoms with van der Waals surface area (Å²) >= 11 is 0. The van der Waals surface area contributed by atoms with Gasteiger partial charge in [-0.15, -0.1) is 12.4 Å². The molecule has 0 aliphatic heterocycles. The van der Waals surface area contributed by atoms with Crippen LogP contribution in [0.25, 0.3) is 0 Å². The van der Waals surface area contributed by atoms with E-state index in [4.69, 9.17) is 5.73 Å². The van der Waals surface area contributed by atoms with E-state index in [9.17, 15) is 0 Å². The zero-order valence-electron chi connectivity index (χ0n) is 9.49. The lowest BCUT2D eigenvalue weighted by molar-refractivity contribution is 0.855. The first kappa shape index (κ1) is 12.5. The van der Waals surface area contributed by atoms with Crippen LogP contribution >= 0.6 is 12.4 Å². The normalized spacial score (nSPS) is 15.2.